The maximum Gasteiger partial charge on any atom is 0.177 e. The number of nitrogens with one attached hydrogen (secondary N) is 1. The van der Waals surface area contributed by atoms with Crippen molar-refractivity contribution in [3.63, 3.8) is 0 Å². The summed E-state index contributed by atoms with van der Waals surface area (Å²) < 4.78 is 2.08. The van der Waals surface area contributed by atoms with Gasteiger partial charge in [0.25, 0.3) is 0 Å². The summed E-state index contributed by atoms with van der Waals surface area (Å²) in [5.41, 5.74) is 3.29. The molecule has 3 rings (SSSR count). The summed E-state index contributed by atoms with van der Waals surface area (Å²) in [5.74, 6) is 1.08. The number of carbonyl (C=O) groups is 1. The Morgan fingerprint density at radius 2 is 2.13 bits per heavy atom. The molecule has 23 heavy (non-hydrogen) atoms. The Hall–Kier alpha value is -1.65. The zero-order valence-corrected chi connectivity index (χ0v) is 14.9. The number of hydrogen-bond donors (Lipinski definition) is 1. The summed E-state index contributed by atoms with van der Waals surface area (Å²) in [6.07, 6.45) is 2.71. The van der Waals surface area contributed by atoms with E-state index in [1.807, 2.05) is 18.2 Å². The summed E-state index contributed by atoms with van der Waals surface area (Å²) in [6, 6.07) is 6.28. The number of fused-ring (bicyclic) bond motifs is 1. The average Bonchev–Trinajstić information content (AvgIpc) is 2.96. The summed E-state index contributed by atoms with van der Waals surface area (Å²) in [6.45, 7) is 9.56. The molecule has 4 nitrogen and oxygen atoms in total. The quantitative estimate of drug-likeness (QED) is 0.842. The second-order valence-corrected chi connectivity index (χ2v) is 6.34. The molecule has 2 aromatic rings. The lowest BCUT2D eigenvalue weighted by molar-refractivity contribution is 0.100. The molecular weight excluding hydrogens is 310 g/mol. The largest absolute Gasteiger partial charge is 0.320 e. The van der Waals surface area contributed by atoms with Crippen LogP contribution in [0, 0.1) is 13.8 Å². The smallest absolute Gasteiger partial charge is 0.177 e. The second-order valence-electron chi connectivity index (χ2n) is 5.91. The van der Waals surface area contributed by atoms with Crippen molar-refractivity contribution < 1.29 is 4.79 Å². The molecule has 0 saturated heterocycles. The number of rotatable bonds is 2. The molecule has 5 heteroatoms. The predicted octanol–water partition coefficient (Wildman–Crippen LogP) is 4.10. The van der Waals surface area contributed by atoms with Gasteiger partial charge in [0.2, 0.25) is 0 Å². The highest BCUT2D eigenvalue weighted by Gasteiger charge is 2.23. The van der Waals surface area contributed by atoms with Crippen molar-refractivity contribution >= 4 is 17.4 Å². The van der Waals surface area contributed by atoms with E-state index in [-0.39, 0.29) is 5.78 Å². The Morgan fingerprint density at radius 1 is 1.39 bits per heavy atom. The van der Waals surface area contributed by atoms with Crippen LogP contribution in [0.2, 0.25) is 5.02 Å². The zero-order chi connectivity index (χ0) is 17.0. The minimum atomic E-state index is 0.101. The topological polar surface area (TPSA) is 46.9 Å². The fourth-order valence-electron chi connectivity index (χ4n) is 2.67. The number of aromatic nitrogens is 2. The summed E-state index contributed by atoms with van der Waals surface area (Å²) in [7, 11) is 0. The van der Waals surface area contributed by atoms with Crippen LogP contribution in [0.4, 0.5) is 0 Å². The van der Waals surface area contributed by atoms with Crippen molar-refractivity contribution in [1.29, 1.82) is 0 Å². The number of aryl methyl sites for hydroxylation is 2. The van der Waals surface area contributed by atoms with Crippen LogP contribution in [0.5, 0.6) is 0 Å². The van der Waals surface area contributed by atoms with Gasteiger partial charge in [-0.2, -0.15) is 0 Å². The molecule has 0 aliphatic carbocycles. The first-order valence-corrected chi connectivity index (χ1v) is 8.32. The lowest BCUT2D eigenvalue weighted by Crippen LogP contribution is -2.34. The second kappa shape index (κ2) is 7.75. The fraction of sp³-hybridized carbons (Fsp3) is 0.444. The van der Waals surface area contributed by atoms with Gasteiger partial charge in [0.05, 0.1) is 12.7 Å². The van der Waals surface area contributed by atoms with Gasteiger partial charge in [0, 0.05) is 24.5 Å². The van der Waals surface area contributed by atoms with Gasteiger partial charge >= 0.3 is 0 Å². The third kappa shape index (κ3) is 4.21. The van der Waals surface area contributed by atoms with E-state index in [1.54, 1.807) is 13.1 Å². The van der Waals surface area contributed by atoms with Crippen molar-refractivity contribution in [2.75, 3.05) is 6.54 Å². The molecule has 1 unspecified atom stereocenters. The van der Waals surface area contributed by atoms with Crippen molar-refractivity contribution in [2.24, 2.45) is 0 Å². The van der Waals surface area contributed by atoms with Crippen LogP contribution in [-0.2, 0) is 6.54 Å². The van der Waals surface area contributed by atoms with Gasteiger partial charge in [-0.3, -0.25) is 4.79 Å². The number of imidazole rings is 1. The van der Waals surface area contributed by atoms with Crippen molar-refractivity contribution in [1.82, 2.24) is 14.9 Å². The van der Waals surface area contributed by atoms with Gasteiger partial charge in [-0.25, -0.2) is 4.98 Å². The van der Waals surface area contributed by atoms with Crippen LogP contribution >= 0.6 is 11.6 Å². The Labute approximate surface area is 142 Å². The van der Waals surface area contributed by atoms with Crippen LogP contribution in [0.25, 0.3) is 0 Å². The highest BCUT2D eigenvalue weighted by molar-refractivity contribution is 6.30. The molecule has 1 N–H and O–H groups in total. The van der Waals surface area contributed by atoms with E-state index in [1.165, 1.54) is 11.1 Å². The first-order valence-electron chi connectivity index (χ1n) is 7.94. The van der Waals surface area contributed by atoms with Crippen LogP contribution in [-0.4, -0.2) is 21.9 Å². The molecule has 1 atom stereocenters. The fourth-order valence-corrected chi connectivity index (χ4v) is 2.90. The van der Waals surface area contributed by atoms with Crippen LogP contribution in [0.1, 0.15) is 53.7 Å². The van der Waals surface area contributed by atoms with Crippen molar-refractivity contribution in [3.05, 3.63) is 52.1 Å². The van der Waals surface area contributed by atoms with Gasteiger partial charge < -0.3 is 9.88 Å². The Bertz CT molecular complexity index is 694. The average molecular weight is 334 g/mol. The molecule has 0 saturated carbocycles. The SMILES string of the molecule is CCC1CNCc2ncc(C(C)=O)n21.Cc1ccc(Cl)cc1C. The minimum Gasteiger partial charge on any atom is -0.320 e. The standard InChI is InChI=1S/C10H15N3O.C8H9Cl/c1-3-8-4-11-6-10-12-5-9(7(2)14)13(8)10;1-6-3-4-8(9)5-7(6)2/h5,8,11H,3-4,6H2,1-2H3;3-5H,1-2H3. The Balaban J connectivity index is 0.000000185. The highest BCUT2D eigenvalue weighted by Crippen LogP contribution is 2.20. The van der Waals surface area contributed by atoms with E-state index in [2.05, 4.69) is 35.6 Å². The third-order valence-corrected chi connectivity index (χ3v) is 4.44. The van der Waals surface area contributed by atoms with E-state index >= 15 is 0 Å². The van der Waals surface area contributed by atoms with E-state index in [4.69, 9.17) is 11.6 Å². The lowest BCUT2D eigenvalue weighted by atomic mass is 10.1. The number of halogens is 1. The monoisotopic (exact) mass is 333 g/mol. The molecule has 124 valence electrons. The van der Waals surface area contributed by atoms with Gasteiger partial charge in [-0.15, -0.1) is 0 Å². The Kier molecular flexibility index (Phi) is 5.97. The van der Waals surface area contributed by atoms with Gasteiger partial charge in [0.1, 0.15) is 11.5 Å². The number of Topliss-reactive ketones (excluding diaryl/α,β-unsaturated/α-hetero) is 1. The van der Waals surface area contributed by atoms with E-state index in [0.29, 0.717) is 6.04 Å². The molecule has 1 aromatic heterocycles. The zero-order valence-electron chi connectivity index (χ0n) is 14.2. The summed E-state index contributed by atoms with van der Waals surface area (Å²) in [4.78, 5) is 15.6. The molecule has 2 heterocycles. The molecular formula is C18H24ClN3O. The molecule has 1 aliphatic rings. The van der Waals surface area contributed by atoms with Crippen LogP contribution in [0.15, 0.2) is 24.4 Å². The van der Waals surface area contributed by atoms with Crippen LogP contribution in [0.3, 0.4) is 0 Å². The van der Waals surface area contributed by atoms with Crippen molar-refractivity contribution in [2.45, 2.75) is 46.7 Å². The maximum atomic E-state index is 11.4. The Morgan fingerprint density at radius 3 is 2.70 bits per heavy atom. The first-order chi connectivity index (χ1) is 10.9. The van der Waals surface area contributed by atoms with E-state index < -0.39 is 0 Å². The van der Waals surface area contributed by atoms with Gasteiger partial charge in [-0.05, 0) is 43.5 Å². The number of hydrogen-bond acceptors (Lipinski definition) is 3. The van der Waals surface area contributed by atoms with E-state index in [0.717, 1.165) is 36.1 Å². The lowest BCUT2D eigenvalue weighted by Gasteiger charge is -2.26. The molecule has 0 bridgehead atoms. The molecule has 1 aliphatic heterocycles. The van der Waals surface area contributed by atoms with Gasteiger partial charge in [-0.1, -0.05) is 24.6 Å². The maximum absolute atomic E-state index is 11.4. The van der Waals surface area contributed by atoms with Crippen molar-refractivity contribution in [3.8, 4) is 0 Å². The third-order valence-electron chi connectivity index (χ3n) is 4.20. The van der Waals surface area contributed by atoms with Gasteiger partial charge in [0.15, 0.2) is 5.78 Å². The number of nitrogens with zero attached hydrogens (tertiary/aromatic N) is 2. The normalized spacial score (nSPS) is 16.3. The van der Waals surface area contributed by atoms with Crippen LogP contribution < -0.4 is 5.32 Å². The molecule has 1 aromatic carbocycles. The van der Waals surface area contributed by atoms with E-state index in [9.17, 15) is 4.79 Å². The number of carbonyl (C=O) groups excluding carboxylic acids is 1. The molecule has 0 amide bonds. The highest BCUT2D eigenvalue weighted by atomic mass is 35.5. The predicted molar refractivity (Wildman–Crippen MR) is 94.2 cm³/mol. The number of benzene rings is 1. The molecule has 0 fully saturated rings. The molecule has 0 spiro atoms. The summed E-state index contributed by atoms with van der Waals surface area (Å²) >= 11 is 5.72. The number of ketones is 1. The molecule has 0 radical (unpaired) electrons. The minimum absolute atomic E-state index is 0.101. The summed E-state index contributed by atoms with van der Waals surface area (Å²) in [5, 5.41) is 4.12. The first kappa shape index (κ1) is 17.7.